The Bertz CT molecular complexity index is 252. The van der Waals surface area contributed by atoms with Crippen LogP contribution in [0.5, 0.6) is 0 Å². The molecule has 0 unspecified atom stereocenters. The Morgan fingerprint density at radius 2 is 2.45 bits per heavy atom. The van der Waals surface area contributed by atoms with Crippen molar-refractivity contribution in [2.75, 3.05) is 12.4 Å². The molecule has 0 aliphatic carbocycles. The number of halogens is 1. The van der Waals surface area contributed by atoms with Gasteiger partial charge in [-0.3, -0.25) is 0 Å². The van der Waals surface area contributed by atoms with Crippen LogP contribution in [0.3, 0.4) is 0 Å². The molecule has 3 nitrogen and oxygen atoms in total. The van der Waals surface area contributed by atoms with Gasteiger partial charge < -0.3 is 10.4 Å². The Kier molecular flexibility index (Phi) is 2.68. The molecule has 1 heterocycles. The monoisotopic (exact) mass is 172 g/mol. The van der Waals surface area contributed by atoms with Gasteiger partial charge in [0.15, 0.2) is 5.15 Å². The fourth-order valence-corrected chi connectivity index (χ4v) is 1.14. The normalized spacial score (nSPS) is 9.73. The first-order valence-electron chi connectivity index (χ1n) is 3.21. The molecule has 2 N–H and O–H groups in total. The topological polar surface area (TPSA) is 45.1 Å². The van der Waals surface area contributed by atoms with E-state index in [2.05, 4.69) is 10.3 Å². The van der Waals surface area contributed by atoms with Gasteiger partial charge in [-0.2, -0.15) is 0 Å². The first kappa shape index (κ1) is 8.30. The Balaban J connectivity index is 3.13. The van der Waals surface area contributed by atoms with Crippen LogP contribution in [0.2, 0.25) is 5.15 Å². The number of aromatic nitrogens is 1. The summed E-state index contributed by atoms with van der Waals surface area (Å²) in [7, 11) is 1.74. The van der Waals surface area contributed by atoms with E-state index in [1.165, 1.54) is 0 Å². The smallest absolute Gasteiger partial charge is 0.152 e. The molecule has 0 bridgehead atoms. The van der Waals surface area contributed by atoms with Crippen molar-refractivity contribution in [3.05, 3.63) is 23.0 Å². The number of aliphatic hydroxyl groups excluding tert-OH is 1. The van der Waals surface area contributed by atoms with Crippen LogP contribution in [0, 0.1) is 0 Å². The van der Waals surface area contributed by atoms with Gasteiger partial charge in [-0.1, -0.05) is 11.6 Å². The largest absolute Gasteiger partial charge is 0.392 e. The first-order chi connectivity index (χ1) is 5.29. The van der Waals surface area contributed by atoms with Gasteiger partial charge in [0.2, 0.25) is 0 Å². The van der Waals surface area contributed by atoms with Crippen molar-refractivity contribution in [1.29, 1.82) is 0 Å². The van der Waals surface area contributed by atoms with E-state index in [1.54, 1.807) is 19.3 Å². The van der Waals surface area contributed by atoms with Gasteiger partial charge in [-0.05, 0) is 6.07 Å². The molecule has 4 heteroatoms. The molecule has 0 fully saturated rings. The Labute approximate surface area is 70.0 Å². The van der Waals surface area contributed by atoms with Crippen molar-refractivity contribution in [3.8, 4) is 0 Å². The lowest BCUT2D eigenvalue weighted by Gasteiger charge is -2.06. The average molecular weight is 173 g/mol. The molecule has 1 aromatic rings. The van der Waals surface area contributed by atoms with E-state index in [9.17, 15) is 0 Å². The molecule has 0 aliphatic heterocycles. The third-order valence-electron chi connectivity index (χ3n) is 1.41. The number of aliphatic hydroxyl groups is 1. The van der Waals surface area contributed by atoms with Gasteiger partial charge in [-0.25, -0.2) is 4.98 Å². The van der Waals surface area contributed by atoms with Gasteiger partial charge in [0.05, 0.1) is 12.3 Å². The SMILES string of the molecule is CNc1c(CO)ccnc1Cl. The van der Waals surface area contributed by atoms with Crippen LogP contribution in [0.4, 0.5) is 5.69 Å². The second kappa shape index (κ2) is 3.55. The van der Waals surface area contributed by atoms with Crippen molar-refractivity contribution in [3.63, 3.8) is 0 Å². The van der Waals surface area contributed by atoms with Gasteiger partial charge in [-0.15, -0.1) is 0 Å². The Morgan fingerprint density at radius 1 is 1.73 bits per heavy atom. The van der Waals surface area contributed by atoms with Gasteiger partial charge >= 0.3 is 0 Å². The molecule has 0 radical (unpaired) electrons. The molecule has 0 spiro atoms. The standard InChI is InChI=1S/C7H9ClN2O/c1-9-6-5(4-11)2-3-10-7(6)8/h2-3,9,11H,4H2,1H3. The lowest BCUT2D eigenvalue weighted by molar-refractivity contribution is 0.282. The molecule has 0 saturated carbocycles. The van der Waals surface area contributed by atoms with E-state index >= 15 is 0 Å². The van der Waals surface area contributed by atoms with Crippen LogP contribution in [-0.2, 0) is 6.61 Å². The number of anilines is 1. The highest BCUT2D eigenvalue weighted by molar-refractivity contribution is 6.32. The summed E-state index contributed by atoms with van der Waals surface area (Å²) in [6.45, 7) is -0.0294. The summed E-state index contributed by atoms with van der Waals surface area (Å²) in [6, 6.07) is 1.72. The second-order valence-corrected chi connectivity index (χ2v) is 2.40. The summed E-state index contributed by atoms with van der Waals surface area (Å²) in [5.41, 5.74) is 1.45. The second-order valence-electron chi connectivity index (χ2n) is 2.04. The zero-order valence-electron chi connectivity index (χ0n) is 6.13. The summed E-state index contributed by atoms with van der Waals surface area (Å²) in [4.78, 5) is 3.85. The number of nitrogens with one attached hydrogen (secondary N) is 1. The van der Waals surface area contributed by atoms with Crippen LogP contribution < -0.4 is 5.32 Å². The molecule has 11 heavy (non-hydrogen) atoms. The predicted molar refractivity (Wildman–Crippen MR) is 44.7 cm³/mol. The number of rotatable bonds is 2. The Hall–Kier alpha value is -0.800. The number of pyridine rings is 1. The lowest BCUT2D eigenvalue weighted by Crippen LogP contribution is -1.97. The first-order valence-corrected chi connectivity index (χ1v) is 3.59. The molecule has 0 aromatic carbocycles. The number of nitrogens with zero attached hydrogens (tertiary/aromatic N) is 1. The van der Waals surface area contributed by atoms with Crippen molar-refractivity contribution >= 4 is 17.3 Å². The molecule has 1 rings (SSSR count). The van der Waals surface area contributed by atoms with Crippen LogP contribution in [0.15, 0.2) is 12.3 Å². The van der Waals surface area contributed by atoms with E-state index in [1.807, 2.05) is 0 Å². The molecule has 60 valence electrons. The fourth-order valence-electron chi connectivity index (χ4n) is 0.869. The zero-order valence-corrected chi connectivity index (χ0v) is 6.89. The minimum Gasteiger partial charge on any atom is -0.392 e. The maximum Gasteiger partial charge on any atom is 0.152 e. The highest BCUT2D eigenvalue weighted by atomic mass is 35.5. The molecule has 0 aliphatic rings. The Morgan fingerprint density at radius 3 is 2.91 bits per heavy atom. The number of hydrogen-bond donors (Lipinski definition) is 2. The molecule has 0 atom stereocenters. The molecule has 0 amide bonds. The third kappa shape index (κ3) is 1.61. The van der Waals surface area contributed by atoms with Crippen LogP contribution in [0.25, 0.3) is 0 Å². The molecular weight excluding hydrogens is 164 g/mol. The minimum atomic E-state index is -0.0294. The van der Waals surface area contributed by atoms with Crippen LogP contribution in [0.1, 0.15) is 5.56 Å². The van der Waals surface area contributed by atoms with E-state index in [4.69, 9.17) is 16.7 Å². The van der Waals surface area contributed by atoms with Gasteiger partial charge in [0, 0.05) is 18.8 Å². The zero-order chi connectivity index (χ0) is 8.27. The van der Waals surface area contributed by atoms with Crippen molar-refractivity contribution in [2.45, 2.75) is 6.61 Å². The summed E-state index contributed by atoms with van der Waals surface area (Å²) < 4.78 is 0. The van der Waals surface area contributed by atoms with Crippen LogP contribution in [-0.4, -0.2) is 17.1 Å². The average Bonchev–Trinajstić information content (AvgIpc) is 2.04. The third-order valence-corrected chi connectivity index (χ3v) is 1.70. The van der Waals surface area contributed by atoms with Crippen molar-refractivity contribution in [2.24, 2.45) is 0 Å². The number of hydrogen-bond acceptors (Lipinski definition) is 3. The summed E-state index contributed by atoms with van der Waals surface area (Å²) in [5, 5.41) is 12.1. The van der Waals surface area contributed by atoms with Gasteiger partial charge in [0.1, 0.15) is 0 Å². The maximum absolute atomic E-state index is 8.85. The maximum atomic E-state index is 8.85. The summed E-state index contributed by atoms with van der Waals surface area (Å²) >= 11 is 5.72. The molecule has 0 saturated heterocycles. The summed E-state index contributed by atoms with van der Waals surface area (Å²) in [5.74, 6) is 0. The quantitative estimate of drug-likeness (QED) is 0.661. The predicted octanol–water partition coefficient (Wildman–Crippen LogP) is 1.27. The lowest BCUT2D eigenvalue weighted by atomic mass is 10.2. The fraction of sp³-hybridized carbons (Fsp3) is 0.286. The van der Waals surface area contributed by atoms with Crippen LogP contribution >= 0.6 is 11.6 Å². The van der Waals surface area contributed by atoms with Crippen molar-refractivity contribution in [1.82, 2.24) is 4.98 Å². The highest BCUT2D eigenvalue weighted by Gasteiger charge is 2.03. The molecule has 1 aromatic heterocycles. The van der Waals surface area contributed by atoms with E-state index in [-0.39, 0.29) is 6.61 Å². The molecular formula is C7H9ClN2O. The van der Waals surface area contributed by atoms with E-state index < -0.39 is 0 Å². The van der Waals surface area contributed by atoms with Gasteiger partial charge in [0.25, 0.3) is 0 Å². The summed E-state index contributed by atoms with van der Waals surface area (Å²) in [6.07, 6.45) is 1.56. The minimum absolute atomic E-state index is 0.0294. The van der Waals surface area contributed by atoms with E-state index in [0.717, 1.165) is 5.56 Å². The van der Waals surface area contributed by atoms with Crippen molar-refractivity contribution < 1.29 is 5.11 Å². The highest BCUT2D eigenvalue weighted by Crippen LogP contribution is 2.22. The van der Waals surface area contributed by atoms with E-state index in [0.29, 0.717) is 10.8 Å².